The molecule has 0 spiro atoms. The number of aliphatic carboxylic acids is 1. The van der Waals surface area contributed by atoms with Gasteiger partial charge < -0.3 is 15.7 Å². The van der Waals surface area contributed by atoms with Crippen molar-refractivity contribution < 1.29 is 14.7 Å². The summed E-state index contributed by atoms with van der Waals surface area (Å²) in [6.45, 7) is 0.383. The average molecular weight is 368 g/mol. The van der Waals surface area contributed by atoms with Crippen molar-refractivity contribution in [3.8, 4) is 6.07 Å². The van der Waals surface area contributed by atoms with Crippen LogP contribution in [0, 0.1) is 11.3 Å². The minimum absolute atomic E-state index is 0.188. The zero-order valence-corrected chi connectivity index (χ0v) is 14.7. The Morgan fingerprint density at radius 2 is 2.25 bits per heavy atom. The van der Waals surface area contributed by atoms with Crippen LogP contribution in [0.1, 0.15) is 12.0 Å². The lowest BCUT2D eigenvalue weighted by atomic mass is 10.2. The van der Waals surface area contributed by atoms with E-state index in [1.807, 2.05) is 12.3 Å². The van der Waals surface area contributed by atoms with Crippen molar-refractivity contribution in [2.45, 2.75) is 19.0 Å². The van der Waals surface area contributed by atoms with Gasteiger partial charge in [-0.05, 0) is 36.1 Å². The molecule has 6 nitrogen and oxygen atoms in total. The van der Waals surface area contributed by atoms with Crippen molar-refractivity contribution in [3.63, 3.8) is 0 Å². The van der Waals surface area contributed by atoms with E-state index in [0.717, 1.165) is 5.56 Å². The number of rotatable bonds is 9. The molecule has 0 aliphatic carbocycles. The largest absolute Gasteiger partial charge is 0.480 e. The third-order valence-corrected chi connectivity index (χ3v) is 3.90. The Hall–Kier alpha value is -2.17. The number of nitrogens with zero attached hydrogens (tertiary/aromatic N) is 1. The molecule has 0 aromatic heterocycles. The number of benzene rings is 1. The Kier molecular flexibility index (Phi) is 8.76. The number of carboxylic acids is 1. The molecule has 0 bridgehead atoms. The standard InChI is InChI=1S/C16H18ClN3O3S/c1-24-6-5-14(16(22)23)20-15(21)12(8-18)10-19-9-11-3-2-4-13(17)7-11/h2-4,7,10,14,19H,5-6,9H2,1H3,(H,20,21)(H,22,23)/b12-10-. The fourth-order valence-corrected chi connectivity index (χ4v) is 2.48. The fraction of sp³-hybridized carbons (Fsp3) is 0.312. The number of carboxylic acid groups (broad SMARTS) is 1. The highest BCUT2D eigenvalue weighted by atomic mass is 35.5. The van der Waals surface area contributed by atoms with Gasteiger partial charge >= 0.3 is 5.97 Å². The SMILES string of the molecule is CSCCC(NC(=O)/C(C#N)=C\NCc1cccc(Cl)c1)C(=O)O. The summed E-state index contributed by atoms with van der Waals surface area (Å²) in [5, 5.41) is 24.0. The molecule has 1 amide bonds. The number of nitriles is 1. The lowest BCUT2D eigenvalue weighted by molar-refractivity contribution is -0.141. The predicted octanol–water partition coefficient (Wildman–Crippen LogP) is 2.16. The number of thioether (sulfide) groups is 1. The molecule has 3 N–H and O–H groups in total. The number of carbonyl (C=O) groups excluding carboxylic acids is 1. The second-order valence-corrected chi connectivity index (χ2v) is 6.25. The molecule has 0 saturated heterocycles. The minimum atomic E-state index is -1.12. The number of carbonyl (C=O) groups is 2. The number of amides is 1. The van der Waals surface area contributed by atoms with Gasteiger partial charge in [0.25, 0.3) is 5.91 Å². The second kappa shape index (κ2) is 10.6. The topological polar surface area (TPSA) is 102 Å². The van der Waals surface area contributed by atoms with Crippen molar-refractivity contribution in [2.24, 2.45) is 0 Å². The van der Waals surface area contributed by atoms with Crippen molar-refractivity contribution in [2.75, 3.05) is 12.0 Å². The van der Waals surface area contributed by atoms with E-state index in [9.17, 15) is 9.59 Å². The first kappa shape index (κ1) is 19.9. The summed E-state index contributed by atoms with van der Waals surface area (Å²) in [6.07, 6.45) is 3.40. The van der Waals surface area contributed by atoms with Crippen LogP contribution in [0.5, 0.6) is 0 Å². The van der Waals surface area contributed by atoms with Crippen molar-refractivity contribution >= 4 is 35.2 Å². The second-order valence-electron chi connectivity index (χ2n) is 4.83. The van der Waals surface area contributed by atoms with Gasteiger partial charge in [0.05, 0.1) is 0 Å². The molecular formula is C16H18ClN3O3S. The van der Waals surface area contributed by atoms with Gasteiger partial charge in [-0.1, -0.05) is 23.7 Å². The number of nitrogens with one attached hydrogen (secondary N) is 2. The fourth-order valence-electron chi connectivity index (χ4n) is 1.80. The van der Waals surface area contributed by atoms with Gasteiger partial charge in [-0.25, -0.2) is 4.79 Å². The maximum Gasteiger partial charge on any atom is 0.326 e. The van der Waals surface area contributed by atoms with Crippen molar-refractivity contribution in [1.29, 1.82) is 5.26 Å². The molecule has 0 heterocycles. The van der Waals surface area contributed by atoms with Crippen LogP contribution >= 0.6 is 23.4 Å². The Morgan fingerprint density at radius 3 is 2.83 bits per heavy atom. The van der Waals surface area contributed by atoms with E-state index in [-0.39, 0.29) is 12.0 Å². The Labute approximate surface area is 149 Å². The van der Waals surface area contributed by atoms with E-state index in [1.165, 1.54) is 18.0 Å². The summed E-state index contributed by atoms with van der Waals surface area (Å²) < 4.78 is 0. The van der Waals surface area contributed by atoms with E-state index in [2.05, 4.69) is 10.6 Å². The maximum atomic E-state index is 12.0. The molecule has 8 heteroatoms. The summed E-state index contributed by atoms with van der Waals surface area (Å²) >= 11 is 7.36. The number of halogens is 1. The molecule has 1 rings (SSSR count). The lowest BCUT2D eigenvalue weighted by Crippen LogP contribution is -2.41. The Bertz CT molecular complexity index is 658. The van der Waals surface area contributed by atoms with Crippen molar-refractivity contribution in [3.05, 3.63) is 46.6 Å². The van der Waals surface area contributed by atoms with Gasteiger partial charge in [-0.3, -0.25) is 4.79 Å². The molecule has 24 heavy (non-hydrogen) atoms. The minimum Gasteiger partial charge on any atom is -0.480 e. The van der Waals surface area contributed by atoms with Gasteiger partial charge in [0.15, 0.2) is 0 Å². The van der Waals surface area contributed by atoms with Crippen LogP contribution in [0.2, 0.25) is 5.02 Å². The Morgan fingerprint density at radius 1 is 1.50 bits per heavy atom. The van der Waals surface area contributed by atoms with Gasteiger partial charge in [0.2, 0.25) is 0 Å². The molecule has 128 valence electrons. The highest BCUT2D eigenvalue weighted by molar-refractivity contribution is 7.98. The van der Waals surface area contributed by atoms with Gasteiger partial charge in [-0.15, -0.1) is 0 Å². The van der Waals surface area contributed by atoms with Crippen LogP contribution in [-0.4, -0.2) is 35.0 Å². The molecule has 0 radical (unpaired) electrons. The van der Waals surface area contributed by atoms with E-state index in [4.69, 9.17) is 22.0 Å². The summed E-state index contributed by atoms with van der Waals surface area (Å²) in [4.78, 5) is 23.1. The van der Waals surface area contributed by atoms with Crippen LogP contribution in [0.25, 0.3) is 0 Å². The normalized spacial score (nSPS) is 12.1. The van der Waals surface area contributed by atoms with Gasteiger partial charge in [0, 0.05) is 17.8 Å². The van der Waals surface area contributed by atoms with Gasteiger partial charge in [0.1, 0.15) is 17.7 Å². The highest BCUT2D eigenvalue weighted by Crippen LogP contribution is 2.10. The smallest absolute Gasteiger partial charge is 0.326 e. The molecule has 0 saturated carbocycles. The molecule has 1 unspecified atom stereocenters. The van der Waals surface area contributed by atoms with Crippen LogP contribution in [0.4, 0.5) is 0 Å². The summed E-state index contributed by atoms with van der Waals surface area (Å²) in [6, 6.07) is 7.90. The lowest BCUT2D eigenvalue weighted by Gasteiger charge is -2.13. The first-order chi connectivity index (χ1) is 11.5. The van der Waals surface area contributed by atoms with E-state index >= 15 is 0 Å². The zero-order valence-electron chi connectivity index (χ0n) is 13.1. The quantitative estimate of drug-likeness (QED) is 0.456. The van der Waals surface area contributed by atoms with E-state index in [0.29, 0.717) is 17.3 Å². The van der Waals surface area contributed by atoms with E-state index in [1.54, 1.807) is 24.3 Å². The first-order valence-corrected chi connectivity index (χ1v) is 8.85. The summed E-state index contributed by atoms with van der Waals surface area (Å²) in [7, 11) is 0. The molecule has 0 aliphatic heterocycles. The van der Waals surface area contributed by atoms with Crippen LogP contribution < -0.4 is 10.6 Å². The van der Waals surface area contributed by atoms with E-state index < -0.39 is 17.9 Å². The van der Waals surface area contributed by atoms with Crippen LogP contribution in [0.3, 0.4) is 0 Å². The van der Waals surface area contributed by atoms with Crippen molar-refractivity contribution in [1.82, 2.24) is 10.6 Å². The predicted molar refractivity (Wildman–Crippen MR) is 94.6 cm³/mol. The first-order valence-electron chi connectivity index (χ1n) is 7.08. The number of hydrogen-bond donors (Lipinski definition) is 3. The summed E-state index contributed by atoms with van der Waals surface area (Å²) in [5.74, 6) is -1.25. The monoisotopic (exact) mass is 367 g/mol. The molecule has 1 atom stereocenters. The number of hydrogen-bond acceptors (Lipinski definition) is 5. The molecule has 1 aromatic carbocycles. The van der Waals surface area contributed by atoms with Crippen LogP contribution in [-0.2, 0) is 16.1 Å². The maximum absolute atomic E-state index is 12.0. The Balaban J connectivity index is 2.64. The zero-order chi connectivity index (χ0) is 17.9. The third-order valence-electron chi connectivity index (χ3n) is 3.02. The third kappa shape index (κ3) is 6.94. The molecule has 0 aliphatic rings. The molecule has 0 fully saturated rings. The highest BCUT2D eigenvalue weighted by Gasteiger charge is 2.21. The average Bonchev–Trinajstić information content (AvgIpc) is 2.55. The van der Waals surface area contributed by atoms with Crippen LogP contribution in [0.15, 0.2) is 36.0 Å². The molecular weight excluding hydrogens is 350 g/mol. The molecule has 1 aromatic rings. The summed E-state index contributed by atoms with van der Waals surface area (Å²) in [5.41, 5.74) is 0.701. The van der Waals surface area contributed by atoms with Gasteiger partial charge in [-0.2, -0.15) is 17.0 Å².